The SMILES string of the molecule is COc1ccc2nc(N3CCC(C(=O)NCc4ccc(C)cc4)CC3)sc2c1. The molecule has 1 N–H and O–H groups in total. The molecule has 1 amide bonds. The Labute approximate surface area is 169 Å². The van der Waals surface area contributed by atoms with E-state index in [0.717, 1.165) is 52.6 Å². The number of hydrogen-bond donors (Lipinski definition) is 1. The minimum absolute atomic E-state index is 0.0798. The molecule has 0 saturated carbocycles. The molecular weight excluding hydrogens is 370 g/mol. The topological polar surface area (TPSA) is 54.5 Å². The highest BCUT2D eigenvalue weighted by Crippen LogP contribution is 2.33. The number of anilines is 1. The number of amides is 1. The maximum Gasteiger partial charge on any atom is 0.223 e. The predicted molar refractivity (Wildman–Crippen MR) is 114 cm³/mol. The second-order valence-corrected chi connectivity index (χ2v) is 8.30. The van der Waals surface area contributed by atoms with Crippen molar-refractivity contribution < 1.29 is 9.53 Å². The van der Waals surface area contributed by atoms with Crippen LogP contribution in [0.5, 0.6) is 5.75 Å². The highest BCUT2D eigenvalue weighted by atomic mass is 32.1. The van der Waals surface area contributed by atoms with E-state index in [1.807, 2.05) is 18.2 Å². The Bertz CT molecular complexity index is 960. The number of carbonyl (C=O) groups excluding carboxylic acids is 1. The van der Waals surface area contributed by atoms with Gasteiger partial charge in [-0.15, -0.1) is 0 Å². The molecule has 6 heteroatoms. The van der Waals surface area contributed by atoms with Crippen LogP contribution in [0.2, 0.25) is 0 Å². The Morgan fingerprint density at radius 2 is 1.96 bits per heavy atom. The van der Waals surface area contributed by atoms with Crippen LogP contribution in [0.3, 0.4) is 0 Å². The standard InChI is InChI=1S/C22H25N3O2S/c1-15-3-5-16(6-4-15)14-23-21(26)17-9-11-25(12-10-17)22-24-19-8-7-18(27-2)13-20(19)28-22/h3-8,13,17H,9-12,14H2,1-2H3,(H,23,26). The summed E-state index contributed by atoms with van der Waals surface area (Å²) in [6, 6.07) is 14.3. The van der Waals surface area contributed by atoms with Crippen LogP contribution in [0.4, 0.5) is 5.13 Å². The summed E-state index contributed by atoms with van der Waals surface area (Å²) in [6.45, 7) is 4.39. The number of thiazole rings is 1. The normalized spacial score (nSPS) is 15.0. The minimum atomic E-state index is 0.0798. The summed E-state index contributed by atoms with van der Waals surface area (Å²) in [4.78, 5) is 19.6. The van der Waals surface area contributed by atoms with Gasteiger partial charge in [0.25, 0.3) is 0 Å². The molecule has 0 bridgehead atoms. The number of fused-ring (bicyclic) bond motifs is 1. The van der Waals surface area contributed by atoms with E-state index in [-0.39, 0.29) is 11.8 Å². The number of rotatable bonds is 5. The van der Waals surface area contributed by atoms with Crippen molar-refractivity contribution in [2.45, 2.75) is 26.3 Å². The number of ether oxygens (including phenoxy) is 1. The van der Waals surface area contributed by atoms with Crippen molar-refractivity contribution in [2.75, 3.05) is 25.1 Å². The summed E-state index contributed by atoms with van der Waals surface area (Å²) in [7, 11) is 1.68. The van der Waals surface area contributed by atoms with Gasteiger partial charge in [-0.25, -0.2) is 4.98 Å². The lowest BCUT2D eigenvalue weighted by Gasteiger charge is -2.31. The summed E-state index contributed by atoms with van der Waals surface area (Å²) in [6.07, 6.45) is 1.72. The van der Waals surface area contributed by atoms with Gasteiger partial charge in [-0.2, -0.15) is 0 Å². The fourth-order valence-electron chi connectivity index (χ4n) is 3.53. The fourth-order valence-corrected chi connectivity index (χ4v) is 4.57. The average Bonchev–Trinajstić information content (AvgIpc) is 3.16. The number of hydrogen-bond acceptors (Lipinski definition) is 5. The molecular formula is C22H25N3O2S. The molecule has 0 unspecified atom stereocenters. The van der Waals surface area contributed by atoms with Crippen molar-refractivity contribution in [3.63, 3.8) is 0 Å². The summed E-state index contributed by atoms with van der Waals surface area (Å²) in [5.74, 6) is 1.09. The van der Waals surface area contributed by atoms with Crippen molar-refractivity contribution in [3.05, 3.63) is 53.6 Å². The molecule has 0 spiro atoms. The molecule has 1 aliphatic heterocycles. The van der Waals surface area contributed by atoms with Gasteiger partial charge in [-0.1, -0.05) is 41.2 Å². The zero-order chi connectivity index (χ0) is 19.5. The van der Waals surface area contributed by atoms with Gasteiger partial charge in [0.2, 0.25) is 5.91 Å². The van der Waals surface area contributed by atoms with Crippen LogP contribution in [0, 0.1) is 12.8 Å². The quantitative estimate of drug-likeness (QED) is 0.705. The number of aryl methyl sites for hydroxylation is 1. The summed E-state index contributed by atoms with van der Waals surface area (Å²) < 4.78 is 6.43. The third-order valence-electron chi connectivity index (χ3n) is 5.31. The van der Waals surface area contributed by atoms with Crippen LogP contribution in [-0.2, 0) is 11.3 Å². The Morgan fingerprint density at radius 1 is 1.21 bits per heavy atom. The van der Waals surface area contributed by atoms with Crippen molar-refractivity contribution in [1.29, 1.82) is 0 Å². The molecule has 2 heterocycles. The summed E-state index contributed by atoms with van der Waals surface area (Å²) >= 11 is 1.69. The third kappa shape index (κ3) is 4.12. The highest BCUT2D eigenvalue weighted by molar-refractivity contribution is 7.22. The van der Waals surface area contributed by atoms with Gasteiger partial charge in [0.1, 0.15) is 5.75 Å². The summed E-state index contributed by atoms with van der Waals surface area (Å²) in [5, 5.41) is 4.12. The largest absolute Gasteiger partial charge is 0.497 e. The molecule has 1 aromatic heterocycles. The van der Waals surface area contributed by atoms with Crippen LogP contribution in [-0.4, -0.2) is 31.1 Å². The van der Waals surface area contributed by atoms with E-state index in [2.05, 4.69) is 41.4 Å². The van der Waals surface area contributed by atoms with E-state index in [1.165, 1.54) is 5.56 Å². The maximum atomic E-state index is 12.5. The highest BCUT2D eigenvalue weighted by Gasteiger charge is 2.26. The average molecular weight is 396 g/mol. The maximum absolute atomic E-state index is 12.5. The molecule has 146 valence electrons. The molecule has 1 saturated heterocycles. The molecule has 0 aliphatic carbocycles. The molecule has 1 fully saturated rings. The van der Waals surface area contributed by atoms with E-state index in [1.54, 1.807) is 18.4 Å². The van der Waals surface area contributed by atoms with Crippen LogP contribution in [0.15, 0.2) is 42.5 Å². The van der Waals surface area contributed by atoms with Crippen molar-refractivity contribution in [3.8, 4) is 5.75 Å². The second kappa shape index (κ2) is 8.19. The number of aromatic nitrogens is 1. The first-order valence-corrected chi connectivity index (χ1v) is 10.5. The van der Waals surface area contributed by atoms with E-state index >= 15 is 0 Å². The first-order valence-electron chi connectivity index (χ1n) is 9.65. The van der Waals surface area contributed by atoms with Gasteiger partial charge < -0.3 is 15.0 Å². The molecule has 3 aromatic rings. The Kier molecular flexibility index (Phi) is 5.48. The lowest BCUT2D eigenvalue weighted by atomic mass is 9.96. The Morgan fingerprint density at radius 3 is 2.68 bits per heavy atom. The minimum Gasteiger partial charge on any atom is -0.497 e. The monoisotopic (exact) mass is 395 g/mol. The molecule has 0 atom stereocenters. The lowest BCUT2D eigenvalue weighted by molar-refractivity contribution is -0.125. The van der Waals surface area contributed by atoms with Crippen LogP contribution < -0.4 is 15.0 Å². The first-order chi connectivity index (χ1) is 13.6. The van der Waals surface area contributed by atoms with Gasteiger partial charge in [-0.3, -0.25) is 4.79 Å². The van der Waals surface area contributed by atoms with Gasteiger partial charge in [0, 0.05) is 25.6 Å². The fraction of sp³-hybridized carbons (Fsp3) is 0.364. The number of benzene rings is 2. The second-order valence-electron chi connectivity index (χ2n) is 7.29. The number of carbonyl (C=O) groups is 1. The molecule has 2 aromatic carbocycles. The van der Waals surface area contributed by atoms with Crippen LogP contribution >= 0.6 is 11.3 Å². The summed E-state index contributed by atoms with van der Waals surface area (Å²) in [5.41, 5.74) is 3.37. The molecule has 28 heavy (non-hydrogen) atoms. The van der Waals surface area contributed by atoms with Crippen molar-refractivity contribution >= 4 is 32.6 Å². The number of methoxy groups -OCH3 is 1. The van der Waals surface area contributed by atoms with E-state index in [9.17, 15) is 4.79 Å². The Hall–Kier alpha value is -2.60. The van der Waals surface area contributed by atoms with Gasteiger partial charge in [-0.05, 0) is 43.5 Å². The van der Waals surface area contributed by atoms with Crippen molar-refractivity contribution in [1.82, 2.24) is 10.3 Å². The van der Waals surface area contributed by atoms with Crippen LogP contribution in [0.1, 0.15) is 24.0 Å². The molecule has 1 aliphatic rings. The van der Waals surface area contributed by atoms with E-state index < -0.39 is 0 Å². The molecule has 4 rings (SSSR count). The van der Waals surface area contributed by atoms with Gasteiger partial charge >= 0.3 is 0 Å². The first kappa shape index (κ1) is 18.7. The van der Waals surface area contributed by atoms with Crippen LogP contribution in [0.25, 0.3) is 10.2 Å². The van der Waals surface area contributed by atoms with Gasteiger partial charge in [0.15, 0.2) is 5.13 Å². The lowest BCUT2D eigenvalue weighted by Crippen LogP contribution is -2.40. The molecule has 5 nitrogen and oxygen atoms in total. The number of piperidine rings is 1. The zero-order valence-corrected chi connectivity index (χ0v) is 17.1. The third-order valence-corrected chi connectivity index (χ3v) is 6.39. The Balaban J connectivity index is 1.32. The van der Waals surface area contributed by atoms with Gasteiger partial charge in [0.05, 0.1) is 17.3 Å². The zero-order valence-electron chi connectivity index (χ0n) is 16.3. The van der Waals surface area contributed by atoms with Crippen molar-refractivity contribution in [2.24, 2.45) is 5.92 Å². The predicted octanol–water partition coefficient (Wildman–Crippen LogP) is 4.15. The number of nitrogens with zero attached hydrogens (tertiary/aromatic N) is 2. The number of nitrogens with one attached hydrogen (secondary N) is 1. The smallest absolute Gasteiger partial charge is 0.223 e. The van der Waals surface area contributed by atoms with E-state index in [4.69, 9.17) is 9.72 Å². The molecule has 0 radical (unpaired) electrons. The van der Waals surface area contributed by atoms with E-state index in [0.29, 0.717) is 6.54 Å².